The summed E-state index contributed by atoms with van der Waals surface area (Å²) in [5, 5.41) is 0. The van der Waals surface area contributed by atoms with Crippen LogP contribution in [0.15, 0.2) is 30.5 Å². The van der Waals surface area contributed by atoms with Crippen molar-refractivity contribution in [3.63, 3.8) is 0 Å². The van der Waals surface area contributed by atoms with Gasteiger partial charge in [0, 0.05) is 38.3 Å². The molecule has 0 radical (unpaired) electrons. The van der Waals surface area contributed by atoms with Crippen LogP contribution in [0.5, 0.6) is 5.75 Å². The van der Waals surface area contributed by atoms with Gasteiger partial charge in [0.15, 0.2) is 0 Å². The predicted octanol–water partition coefficient (Wildman–Crippen LogP) is 3.93. The molecule has 1 fully saturated rings. The van der Waals surface area contributed by atoms with Crippen LogP contribution in [0.1, 0.15) is 44.8 Å². The molecule has 6 heteroatoms. The van der Waals surface area contributed by atoms with Crippen LogP contribution in [0.2, 0.25) is 0 Å². The normalized spacial score (nSPS) is 16.9. The maximum absolute atomic E-state index is 12.9. The van der Waals surface area contributed by atoms with Crippen LogP contribution in [0.25, 0.3) is 11.1 Å². The average molecular weight is 383 g/mol. The van der Waals surface area contributed by atoms with Gasteiger partial charge < -0.3 is 14.5 Å². The Morgan fingerprint density at radius 1 is 1.21 bits per heavy atom. The first-order chi connectivity index (χ1) is 13.4. The van der Waals surface area contributed by atoms with E-state index in [1.54, 1.807) is 7.11 Å². The van der Waals surface area contributed by atoms with Crippen molar-refractivity contribution in [2.24, 2.45) is 5.92 Å². The molecule has 1 saturated heterocycles. The van der Waals surface area contributed by atoms with Gasteiger partial charge in [-0.15, -0.1) is 0 Å². The van der Waals surface area contributed by atoms with E-state index in [-0.39, 0.29) is 17.9 Å². The van der Waals surface area contributed by atoms with Gasteiger partial charge in [0.2, 0.25) is 11.9 Å². The van der Waals surface area contributed by atoms with Crippen LogP contribution in [0, 0.1) is 5.92 Å². The van der Waals surface area contributed by atoms with E-state index < -0.39 is 0 Å². The van der Waals surface area contributed by atoms with E-state index >= 15 is 0 Å². The minimum atomic E-state index is -0.0276. The van der Waals surface area contributed by atoms with Gasteiger partial charge in [0.25, 0.3) is 0 Å². The number of amides is 1. The number of rotatable bonds is 5. The Labute approximate surface area is 167 Å². The Morgan fingerprint density at radius 2 is 1.93 bits per heavy atom. The van der Waals surface area contributed by atoms with Crippen molar-refractivity contribution >= 4 is 11.9 Å². The maximum Gasteiger partial charge on any atom is 0.225 e. The predicted molar refractivity (Wildman–Crippen MR) is 111 cm³/mol. The zero-order chi connectivity index (χ0) is 20.3. The number of ether oxygens (including phenoxy) is 1. The van der Waals surface area contributed by atoms with Crippen molar-refractivity contribution in [2.45, 2.75) is 39.2 Å². The number of nitrogens with zero attached hydrogens (tertiary/aromatic N) is 4. The molecule has 2 heterocycles. The van der Waals surface area contributed by atoms with Crippen LogP contribution in [0.4, 0.5) is 5.95 Å². The minimum Gasteiger partial charge on any atom is -0.497 e. The number of anilines is 1. The molecule has 1 aromatic heterocycles. The number of hydrogen-bond acceptors (Lipinski definition) is 5. The molecule has 150 valence electrons. The van der Waals surface area contributed by atoms with Crippen molar-refractivity contribution in [1.29, 1.82) is 0 Å². The first-order valence-corrected chi connectivity index (χ1v) is 9.91. The Kier molecular flexibility index (Phi) is 6.17. The summed E-state index contributed by atoms with van der Waals surface area (Å²) in [6.07, 6.45) is 4.94. The van der Waals surface area contributed by atoms with Crippen molar-refractivity contribution < 1.29 is 9.53 Å². The number of hydrogen-bond donors (Lipinski definition) is 0. The molecule has 3 rings (SSSR count). The van der Waals surface area contributed by atoms with Gasteiger partial charge in [-0.25, -0.2) is 9.97 Å². The molecule has 0 unspecified atom stereocenters. The summed E-state index contributed by atoms with van der Waals surface area (Å²) in [7, 11) is 5.53. The zero-order valence-electron chi connectivity index (χ0n) is 17.5. The second-order valence-electron chi connectivity index (χ2n) is 7.79. The summed E-state index contributed by atoms with van der Waals surface area (Å²) in [5.74, 6) is 1.63. The molecule has 1 atom stereocenters. The fourth-order valence-corrected chi connectivity index (χ4v) is 3.66. The molecule has 28 heavy (non-hydrogen) atoms. The van der Waals surface area contributed by atoms with Crippen LogP contribution in [-0.2, 0) is 4.79 Å². The zero-order valence-corrected chi connectivity index (χ0v) is 17.5. The number of carbonyl (C=O) groups is 1. The lowest BCUT2D eigenvalue weighted by atomic mass is 9.93. The first-order valence-electron chi connectivity index (χ1n) is 9.91. The van der Waals surface area contributed by atoms with Gasteiger partial charge in [-0.1, -0.05) is 26.0 Å². The molecule has 0 N–H and O–H groups in total. The van der Waals surface area contributed by atoms with Crippen LogP contribution in [-0.4, -0.2) is 48.5 Å². The Balaban J connectivity index is 2.09. The summed E-state index contributed by atoms with van der Waals surface area (Å²) in [5.41, 5.74) is 2.93. The fraction of sp³-hybridized carbons (Fsp3) is 0.500. The number of aromatic nitrogens is 2. The SMILES string of the molecule is COc1ccc(-c2cnc(N(C)C)nc2[C@@H]2CCCCN2C(=O)C(C)C)cc1. The van der Waals surface area contributed by atoms with Gasteiger partial charge >= 0.3 is 0 Å². The fourth-order valence-electron chi connectivity index (χ4n) is 3.66. The summed E-state index contributed by atoms with van der Waals surface area (Å²) < 4.78 is 5.29. The highest BCUT2D eigenvalue weighted by Crippen LogP contribution is 2.37. The third kappa shape index (κ3) is 4.11. The second-order valence-corrected chi connectivity index (χ2v) is 7.79. The van der Waals surface area contributed by atoms with Crippen LogP contribution in [0.3, 0.4) is 0 Å². The molecular weight excluding hydrogens is 352 g/mol. The first kappa shape index (κ1) is 20.1. The van der Waals surface area contributed by atoms with Gasteiger partial charge in [-0.3, -0.25) is 4.79 Å². The van der Waals surface area contributed by atoms with Gasteiger partial charge in [-0.05, 0) is 37.0 Å². The molecule has 6 nitrogen and oxygen atoms in total. The van der Waals surface area contributed by atoms with E-state index in [0.29, 0.717) is 5.95 Å². The maximum atomic E-state index is 12.9. The third-order valence-electron chi connectivity index (χ3n) is 5.20. The molecule has 1 aliphatic heterocycles. The molecule has 1 aromatic carbocycles. The van der Waals surface area contributed by atoms with Crippen molar-refractivity contribution in [1.82, 2.24) is 14.9 Å². The Morgan fingerprint density at radius 3 is 2.54 bits per heavy atom. The van der Waals surface area contributed by atoms with Crippen molar-refractivity contribution in [3.8, 4) is 16.9 Å². The van der Waals surface area contributed by atoms with Gasteiger partial charge in [-0.2, -0.15) is 0 Å². The van der Waals surface area contributed by atoms with Crippen molar-refractivity contribution in [2.75, 3.05) is 32.6 Å². The topological polar surface area (TPSA) is 58.6 Å². The Bertz CT molecular complexity index is 818. The molecule has 1 aliphatic rings. The summed E-state index contributed by atoms with van der Waals surface area (Å²) in [6.45, 7) is 4.71. The molecule has 0 bridgehead atoms. The third-order valence-corrected chi connectivity index (χ3v) is 5.20. The van der Waals surface area contributed by atoms with E-state index in [1.807, 2.05) is 68.2 Å². The lowest BCUT2D eigenvalue weighted by molar-refractivity contribution is -0.138. The van der Waals surface area contributed by atoms with E-state index in [1.165, 1.54) is 0 Å². The van der Waals surface area contributed by atoms with E-state index in [2.05, 4.69) is 4.98 Å². The molecule has 0 spiro atoms. The van der Waals surface area contributed by atoms with Crippen LogP contribution >= 0.6 is 0 Å². The highest BCUT2D eigenvalue weighted by molar-refractivity contribution is 5.79. The number of carbonyl (C=O) groups excluding carboxylic acids is 1. The van der Waals surface area contributed by atoms with E-state index in [0.717, 1.165) is 48.4 Å². The molecular formula is C22H30N4O2. The van der Waals surface area contributed by atoms with Gasteiger partial charge in [0.05, 0.1) is 18.8 Å². The monoisotopic (exact) mass is 382 g/mol. The largest absolute Gasteiger partial charge is 0.497 e. The minimum absolute atomic E-state index is 0.0255. The summed E-state index contributed by atoms with van der Waals surface area (Å²) in [6, 6.07) is 7.90. The highest BCUT2D eigenvalue weighted by Gasteiger charge is 2.32. The van der Waals surface area contributed by atoms with E-state index in [4.69, 9.17) is 9.72 Å². The van der Waals surface area contributed by atoms with E-state index in [9.17, 15) is 4.79 Å². The molecule has 0 saturated carbocycles. The second kappa shape index (κ2) is 8.59. The lowest BCUT2D eigenvalue weighted by Crippen LogP contribution is -2.41. The van der Waals surface area contributed by atoms with Crippen molar-refractivity contribution in [3.05, 3.63) is 36.2 Å². The summed E-state index contributed by atoms with van der Waals surface area (Å²) in [4.78, 5) is 26.2. The molecule has 2 aromatic rings. The standard InChI is InChI=1S/C22H30N4O2/c1-15(2)21(27)26-13-7-6-8-19(26)20-18(14-23-22(24-20)25(3)4)16-9-11-17(28-5)12-10-16/h9-12,14-15,19H,6-8,13H2,1-5H3/t19-/m0/s1. The summed E-state index contributed by atoms with van der Waals surface area (Å²) >= 11 is 0. The lowest BCUT2D eigenvalue weighted by Gasteiger charge is -2.37. The highest BCUT2D eigenvalue weighted by atomic mass is 16.5. The number of piperidine rings is 1. The van der Waals surface area contributed by atoms with Crippen LogP contribution < -0.4 is 9.64 Å². The molecule has 1 amide bonds. The molecule has 0 aliphatic carbocycles. The van der Waals surface area contributed by atoms with Gasteiger partial charge in [0.1, 0.15) is 5.75 Å². The smallest absolute Gasteiger partial charge is 0.225 e. The average Bonchev–Trinajstić information content (AvgIpc) is 2.72. The number of benzene rings is 1. The Hall–Kier alpha value is -2.63. The quantitative estimate of drug-likeness (QED) is 0.784. The number of likely N-dealkylation sites (tertiary alicyclic amines) is 1. The number of methoxy groups -OCH3 is 1.